The molecular weight excluding hydrogens is 339 g/mol. The molecule has 3 rings (SSSR count). The fourth-order valence-electron chi connectivity index (χ4n) is 2.13. The lowest BCUT2D eigenvalue weighted by atomic mass is 10.2. The zero-order chi connectivity index (χ0) is 18.2. The summed E-state index contributed by atoms with van der Waals surface area (Å²) in [6, 6.07) is 6.84. The third kappa shape index (κ3) is 3.32. The van der Waals surface area contributed by atoms with Crippen molar-refractivity contribution in [3.63, 3.8) is 0 Å². The van der Waals surface area contributed by atoms with Gasteiger partial charge in [0.05, 0.1) is 17.6 Å². The average molecular weight is 349 g/mol. The Morgan fingerprint density at radius 3 is 2.68 bits per heavy atom. The fourth-order valence-corrected chi connectivity index (χ4v) is 2.13. The summed E-state index contributed by atoms with van der Waals surface area (Å²) >= 11 is 0. The topological polar surface area (TPSA) is 127 Å². The number of alkyl halides is 3. The number of ether oxygens (including phenoxy) is 1. The van der Waals surface area contributed by atoms with Gasteiger partial charge in [0.15, 0.2) is 22.9 Å². The average Bonchev–Trinajstić information content (AvgIpc) is 2.92. The number of rotatable bonds is 3. The molecule has 0 aliphatic heterocycles. The van der Waals surface area contributed by atoms with Gasteiger partial charge in [0.25, 0.3) is 0 Å². The fraction of sp³-hybridized carbons (Fsp3) is 0.0714. The first-order valence-electron chi connectivity index (χ1n) is 6.73. The number of nitrogen functional groups attached to an aromatic ring is 2. The molecule has 0 saturated heterocycles. The van der Waals surface area contributed by atoms with Crippen molar-refractivity contribution >= 4 is 28.5 Å². The van der Waals surface area contributed by atoms with Gasteiger partial charge in [0.2, 0.25) is 0 Å². The van der Waals surface area contributed by atoms with E-state index in [4.69, 9.17) is 16.7 Å². The highest BCUT2D eigenvalue weighted by molar-refractivity contribution is 5.73. The molecule has 2 aromatic heterocycles. The van der Waals surface area contributed by atoms with Crippen molar-refractivity contribution in [2.45, 2.75) is 6.36 Å². The van der Waals surface area contributed by atoms with Gasteiger partial charge in [0.1, 0.15) is 6.07 Å². The molecule has 0 amide bonds. The van der Waals surface area contributed by atoms with Gasteiger partial charge in [-0.15, -0.1) is 18.3 Å². The van der Waals surface area contributed by atoms with Crippen molar-refractivity contribution in [2.24, 2.45) is 0 Å². The van der Waals surface area contributed by atoms with Gasteiger partial charge in [-0.3, -0.25) is 0 Å². The minimum absolute atomic E-state index is 0.0674. The van der Waals surface area contributed by atoms with Crippen LogP contribution >= 0.6 is 0 Å². The largest absolute Gasteiger partial charge is 0.573 e. The lowest BCUT2D eigenvalue weighted by Gasteiger charge is -2.15. The number of nitrogens with two attached hydrogens (primary N) is 2. The summed E-state index contributed by atoms with van der Waals surface area (Å²) in [6.45, 7) is 0. The highest BCUT2D eigenvalue weighted by atomic mass is 19.4. The van der Waals surface area contributed by atoms with E-state index in [1.54, 1.807) is 0 Å². The van der Waals surface area contributed by atoms with Gasteiger partial charge in [0, 0.05) is 11.8 Å². The second-order valence-corrected chi connectivity index (χ2v) is 4.90. The zero-order valence-corrected chi connectivity index (χ0v) is 12.4. The van der Waals surface area contributed by atoms with Crippen molar-refractivity contribution in [3.8, 4) is 11.8 Å². The molecule has 1 aromatic carbocycles. The van der Waals surface area contributed by atoms with E-state index >= 15 is 0 Å². The van der Waals surface area contributed by atoms with Crippen LogP contribution in [-0.4, -0.2) is 21.0 Å². The van der Waals surface area contributed by atoms with E-state index in [0.717, 1.165) is 6.07 Å². The number of fused-ring (bicyclic) bond motifs is 1. The van der Waals surface area contributed by atoms with Crippen LogP contribution in [0.5, 0.6) is 5.75 Å². The molecule has 3 aromatic rings. The van der Waals surface area contributed by atoms with Gasteiger partial charge >= 0.3 is 6.36 Å². The third-order valence-corrected chi connectivity index (χ3v) is 3.10. The minimum Gasteiger partial charge on any atom is -0.404 e. The van der Waals surface area contributed by atoms with E-state index in [2.05, 4.69) is 20.1 Å². The predicted molar refractivity (Wildman–Crippen MR) is 82.9 cm³/mol. The number of aromatic nitrogens is 3. The summed E-state index contributed by atoms with van der Waals surface area (Å²) in [5, 5.41) is 15.8. The van der Waals surface area contributed by atoms with Gasteiger partial charge in [-0.2, -0.15) is 9.78 Å². The quantitative estimate of drug-likeness (QED) is 0.620. The predicted octanol–water partition coefficient (Wildman–Crippen LogP) is 2.41. The Bertz CT molecular complexity index is 990. The van der Waals surface area contributed by atoms with Crippen LogP contribution in [0.3, 0.4) is 0 Å². The van der Waals surface area contributed by atoms with Crippen molar-refractivity contribution in [2.75, 3.05) is 16.8 Å². The normalized spacial score (nSPS) is 11.3. The number of nitrogens with zero attached hydrogens (tertiary/aromatic N) is 4. The lowest BCUT2D eigenvalue weighted by molar-refractivity contribution is -0.274. The highest BCUT2D eigenvalue weighted by Gasteiger charge is 2.32. The van der Waals surface area contributed by atoms with E-state index in [-0.39, 0.29) is 34.2 Å². The van der Waals surface area contributed by atoms with Crippen LogP contribution in [0, 0.1) is 11.3 Å². The second kappa shape index (κ2) is 5.75. The smallest absolute Gasteiger partial charge is 0.404 e. The molecule has 25 heavy (non-hydrogen) atoms. The van der Waals surface area contributed by atoms with Gasteiger partial charge < -0.3 is 21.5 Å². The third-order valence-electron chi connectivity index (χ3n) is 3.10. The molecular formula is C14H10F3N7O. The van der Waals surface area contributed by atoms with Crippen molar-refractivity contribution in [1.82, 2.24) is 14.6 Å². The van der Waals surface area contributed by atoms with E-state index < -0.39 is 12.1 Å². The van der Waals surface area contributed by atoms with Gasteiger partial charge in [-0.1, -0.05) is 0 Å². The molecule has 2 heterocycles. The van der Waals surface area contributed by atoms with Crippen LogP contribution in [0.4, 0.5) is 36.1 Å². The summed E-state index contributed by atoms with van der Waals surface area (Å²) in [5.41, 5.74) is 12.1. The number of hydrogen-bond donors (Lipinski definition) is 3. The Labute approximate surface area is 138 Å². The molecule has 128 valence electrons. The van der Waals surface area contributed by atoms with Gasteiger partial charge in [-0.25, -0.2) is 4.98 Å². The molecule has 0 radical (unpaired) electrons. The highest BCUT2D eigenvalue weighted by Crippen LogP contribution is 2.34. The number of benzene rings is 1. The summed E-state index contributed by atoms with van der Waals surface area (Å²) in [7, 11) is 0. The number of nitriles is 1. The number of nitrogens with one attached hydrogen (secondary N) is 1. The van der Waals surface area contributed by atoms with E-state index in [1.807, 2.05) is 6.07 Å². The van der Waals surface area contributed by atoms with E-state index in [1.165, 1.54) is 28.9 Å². The second-order valence-electron chi connectivity index (χ2n) is 4.90. The Kier molecular flexibility index (Phi) is 3.72. The molecule has 0 fully saturated rings. The summed E-state index contributed by atoms with van der Waals surface area (Å²) in [4.78, 5) is 3.95. The van der Waals surface area contributed by atoms with E-state index in [9.17, 15) is 13.2 Å². The molecule has 0 bridgehead atoms. The van der Waals surface area contributed by atoms with Crippen molar-refractivity contribution < 1.29 is 17.9 Å². The molecule has 0 aliphatic rings. The monoisotopic (exact) mass is 349 g/mol. The number of halogens is 3. The number of hydrogen-bond acceptors (Lipinski definition) is 7. The van der Waals surface area contributed by atoms with Crippen LogP contribution in [0.15, 0.2) is 30.5 Å². The first-order valence-corrected chi connectivity index (χ1v) is 6.73. The molecule has 0 aliphatic carbocycles. The Balaban J connectivity index is 2.04. The Morgan fingerprint density at radius 1 is 1.24 bits per heavy atom. The molecule has 11 heteroatoms. The standard InChI is InChI=1S/C14H10F3N7O/c15-14(16,17)25-11-2-1-7(19)3-10(11)22-12-4-9(20)13-21-6-8(5-18)24(13)23-12/h1-4,6H,19-20H2,(H,22,23). The molecule has 0 saturated carbocycles. The maximum Gasteiger partial charge on any atom is 0.573 e. The number of imidazole rings is 1. The summed E-state index contributed by atoms with van der Waals surface area (Å²) < 4.78 is 42.7. The summed E-state index contributed by atoms with van der Waals surface area (Å²) in [6.07, 6.45) is -3.59. The van der Waals surface area contributed by atoms with Crippen LogP contribution < -0.4 is 21.5 Å². The van der Waals surface area contributed by atoms with Gasteiger partial charge in [-0.05, 0) is 18.2 Å². The SMILES string of the molecule is N#Cc1cnc2c(N)cc(Nc3cc(N)ccc3OC(F)(F)F)nn12. The van der Waals surface area contributed by atoms with Crippen LogP contribution in [0.1, 0.15) is 5.69 Å². The van der Waals surface area contributed by atoms with Crippen molar-refractivity contribution in [1.29, 1.82) is 5.26 Å². The zero-order valence-electron chi connectivity index (χ0n) is 12.4. The lowest BCUT2D eigenvalue weighted by Crippen LogP contribution is -2.18. The van der Waals surface area contributed by atoms with Crippen LogP contribution in [-0.2, 0) is 0 Å². The maximum absolute atomic E-state index is 12.5. The van der Waals surface area contributed by atoms with Crippen LogP contribution in [0.2, 0.25) is 0 Å². The maximum atomic E-state index is 12.5. The van der Waals surface area contributed by atoms with Crippen LogP contribution in [0.25, 0.3) is 5.65 Å². The number of anilines is 4. The molecule has 5 N–H and O–H groups in total. The summed E-state index contributed by atoms with van der Waals surface area (Å²) in [5.74, 6) is -0.412. The Morgan fingerprint density at radius 2 is 2.00 bits per heavy atom. The van der Waals surface area contributed by atoms with Crippen molar-refractivity contribution in [3.05, 3.63) is 36.2 Å². The van der Waals surface area contributed by atoms with E-state index in [0.29, 0.717) is 0 Å². The molecule has 0 spiro atoms. The first-order chi connectivity index (χ1) is 11.8. The Hall–Kier alpha value is -3.68. The molecule has 8 nitrogen and oxygen atoms in total. The first kappa shape index (κ1) is 16.2. The minimum atomic E-state index is -4.87. The molecule has 0 atom stereocenters. The molecule has 0 unspecified atom stereocenters.